The van der Waals surface area contributed by atoms with Crippen molar-refractivity contribution in [3.8, 4) is 0 Å². The molecule has 2 nitrogen and oxygen atoms in total. The van der Waals surface area contributed by atoms with Crippen molar-refractivity contribution in [1.82, 2.24) is 4.98 Å². The molecule has 0 unspecified atom stereocenters. The fraction of sp³-hybridized carbons (Fsp3) is 0.0312. The van der Waals surface area contributed by atoms with Crippen LogP contribution in [0.25, 0.3) is 43.4 Å². The highest BCUT2D eigenvalue weighted by atomic mass is 16.3. The van der Waals surface area contributed by atoms with Gasteiger partial charge in [0, 0.05) is 0 Å². The van der Waals surface area contributed by atoms with Gasteiger partial charge in [-0.2, -0.15) is 0 Å². The molecule has 1 heterocycles. The van der Waals surface area contributed by atoms with Crippen molar-refractivity contribution >= 4 is 43.4 Å². The number of aromatic nitrogens is 1. The lowest BCUT2D eigenvalue weighted by atomic mass is 10.0. The average Bonchev–Trinajstić information content (AvgIpc) is 3.29. The number of nitrogens with zero attached hydrogens (tertiary/aromatic N) is 1. The van der Waals surface area contributed by atoms with E-state index in [1.165, 1.54) is 37.9 Å². The van der Waals surface area contributed by atoms with E-state index in [-0.39, 0.29) is 0 Å². The van der Waals surface area contributed by atoms with E-state index in [0.29, 0.717) is 6.42 Å². The van der Waals surface area contributed by atoms with E-state index < -0.39 is 0 Å². The van der Waals surface area contributed by atoms with E-state index in [1.54, 1.807) is 0 Å². The Balaban J connectivity index is 0.000000182. The minimum Gasteiger partial charge on any atom is -0.440 e. The molecule has 7 rings (SSSR count). The fourth-order valence-electron chi connectivity index (χ4n) is 4.48. The van der Waals surface area contributed by atoms with Crippen LogP contribution in [0.2, 0.25) is 0 Å². The summed E-state index contributed by atoms with van der Waals surface area (Å²) in [4.78, 5) is 4.70. The van der Waals surface area contributed by atoms with Gasteiger partial charge in [-0.15, -0.1) is 0 Å². The topological polar surface area (TPSA) is 26.0 Å². The number of fused-ring (bicyclic) bond motifs is 4. The van der Waals surface area contributed by atoms with Crippen LogP contribution in [-0.4, -0.2) is 4.98 Å². The van der Waals surface area contributed by atoms with Gasteiger partial charge in [0.2, 0.25) is 0 Å². The summed E-state index contributed by atoms with van der Waals surface area (Å²) in [7, 11) is 0. The van der Waals surface area contributed by atoms with Gasteiger partial charge in [-0.25, -0.2) is 4.98 Å². The number of hydrogen-bond donors (Lipinski definition) is 0. The Morgan fingerprint density at radius 3 is 1.71 bits per heavy atom. The zero-order chi connectivity index (χ0) is 22.7. The summed E-state index contributed by atoms with van der Waals surface area (Å²) in [5.41, 5.74) is 3.01. The first-order valence-corrected chi connectivity index (χ1v) is 11.5. The molecule has 34 heavy (non-hydrogen) atoms. The molecule has 0 saturated heterocycles. The van der Waals surface area contributed by atoms with Gasteiger partial charge in [-0.3, -0.25) is 0 Å². The predicted octanol–water partition coefficient (Wildman–Crippen LogP) is 8.56. The summed E-state index contributed by atoms with van der Waals surface area (Å²) in [5.74, 6) is 0.761. The molecule has 0 aliphatic heterocycles. The molecule has 0 fully saturated rings. The van der Waals surface area contributed by atoms with Crippen LogP contribution in [0, 0.1) is 0 Å². The second-order valence-electron chi connectivity index (χ2n) is 8.44. The highest BCUT2D eigenvalue weighted by Gasteiger charge is 2.10. The lowest BCUT2D eigenvalue weighted by Gasteiger charge is -2.03. The zero-order valence-electron chi connectivity index (χ0n) is 18.7. The molecule has 0 spiro atoms. The van der Waals surface area contributed by atoms with Gasteiger partial charge in [0.05, 0.1) is 6.42 Å². The largest absolute Gasteiger partial charge is 0.440 e. The smallest absolute Gasteiger partial charge is 0.199 e. The summed E-state index contributed by atoms with van der Waals surface area (Å²) >= 11 is 0. The quantitative estimate of drug-likeness (QED) is 0.271. The molecular formula is C32H23NO. The second-order valence-corrected chi connectivity index (χ2v) is 8.44. The molecule has 7 aromatic rings. The summed E-state index contributed by atoms with van der Waals surface area (Å²) in [5, 5.41) is 7.49. The minimum atomic E-state index is 0.701. The molecule has 0 bridgehead atoms. The molecule has 0 atom stereocenters. The molecule has 0 N–H and O–H groups in total. The third-order valence-electron chi connectivity index (χ3n) is 6.18. The standard InChI is InChI=1S/C22H15NO.C10H8/c1-2-8-17-13-21-20(12-16(17)7-1)23-22(24-21)14-18-10-5-9-15-6-3-4-11-19(15)18;1-2-6-10-8-4-3-7-9(10)5-1/h1-13H,14H2;1-8H. The Labute approximate surface area is 198 Å². The Bertz CT molecular complexity index is 1620. The van der Waals surface area contributed by atoms with Gasteiger partial charge in [-0.05, 0) is 50.0 Å². The van der Waals surface area contributed by atoms with Crippen molar-refractivity contribution in [2.75, 3.05) is 0 Å². The van der Waals surface area contributed by atoms with E-state index in [1.807, 2.05) is 12.1 Å². The van der Waals surface area contributed by atoms with Crippen LogP contribution in [0.15, 0.2) is 132 Å². The molecular weight excluding hydrogens is 414 g/mol. The van der Waals surface area contributed by atoms with Gasteiger partial charge >= 0.3 is 0 Å². The molecule has 1 aromatic heterocycles. The first-order valence-electron chi connectivity index (χ1n) is 11.5. The second kappa shape index (κ2) is 8.84. The Morgan fingerprint density at radius 1 is 0.500 bits per heavy atom. The average molecular weight is 438 g/mol. The molecule has 0 amide bonds. The number of rotatable bonds is 2. The molecule has 0 radical (unpaired) electrons. The van der Waals surface area contributed by atoms with Gasteiger partial charge in [-0.1, -0.05) is 115 Å². The first-order chi connectivity index (χ1) is 16.8. The molecule has 162 valence electrons. The van der Waals surface area contributed by atoms with Gasteiger partial charge in [0.1, 0.15) is 5.52 Å². The van der Waals surface area contributed by atoms with E-state index >= 15 is 0 Å². The monoisotopic (exact) mass is 437 g/mol. The molecule has 0 aliphatic rings. The van der Waals surface area contributed by atoms with Crippen LogP contribution < -0.4 is 0 Å². The van der Waals surface area contributed by atoms with E-state index in [9.17, 15) is 0 Å². The summed E-state index contributed by atoms with van der Waals surface area (Å²) < 4.78 is 6.02. The predicted molar refractivity (Wildman–Crippen MR) is 142 cm³/mol. The minimum absolute atomic E-state index is 0.701. The highest BCUT2D eigenvalue weighted by Crippen LogP contribution is 2.26. The van der Waals surface area contributed by atoms with Crippen LogP contribution in [0.3, 0.4) is 0 Å². The van der Waals surface area contributed by atoms with E-state index in [0.717, 1.165) is 17.0 Å². The number of hydrogen-bond acceptors (Lipinski definition) is 2. The first kappa shape index (κ1) is 20.2. The van der Waals surface area contributed by atoms with Gasteiger partial charge < -0.3 is 4.42 Å². The van der Waals surface area contributed by atoms with Gasteiger partial charge in [0.15, 0.2) is 11.5 Å². The molecule has 0 aliphatic carbocycles. The Kier molecular flexibility index (Phi) is 5.25. The van der Waals surface area contributed by atoms with Crippen molar-refractivity contribution in [2.45, 2.75) is 6.42 Å². The fourth-order valence-corrected chi connectivity index (χ4v) is 4.48. The van der Waals surface area contributed by atoms with Crippen molar-refractivity contribution in [3.05, 3.63) is 139 Å². The van der Waals surface area contributed by atoms with E-state index in [4.69, 9.17) is 9.40 Å². The summed E-state index contributed by atoms with van der Waals surface area (Å²) in [6.45, 7) is 0. The van der Waals surface area contributed by atoms with Crippen LogP contribution >= 0.6 is 0 Å². The van der Waals surface area contributed by atoms with Gasteiger partial charge in [0.25, 0.3) is 0 Å². The van der Waals surface area contributed by atoms with Crippen molar-refractivity contribution < 1.29 is 4.42 Å². The number of oxazole rings is 1. The van der Waals surface area contributed by atoms with Crippen LogP contribution in [0.5, 0.6) is 0 Å². The normalized spacial score (nSPS) is 11.1. The molecule has 6 aromatic carbocycles. The molecule has 0 saturated carbocycles. The maximum absolute atomic E-state index is 6.02. The Hall–Kier alpha value is -4.43. The lowest BCUT2D eigenvalue weighted by Crippen LogP contribution is -1.89. The Morgan fingerprint density at radius 2 is 1.03 bits per heavy atom. The van der Waals surface area contributed by atoms with Crippen LogP contribution in [-0.2, 0) is 6.42 Å². The highest BCUT2D eigenvalue weighted by molar-refractivity contribution is 5.94. The zero-order valence-corrected chi connectivity index (χ0v) is 18.7. The van der Waals surface area contributed by atoms with Crippen LogP contribution in [0.4, 0.5) is 0 Å². The van der Waals surface area contributed by atoms with Crippen molar-refractivity contribution in [2.24, 2.45) is 0 Å². The SMILES string of the molecule is c1ccc2cc3oc(Cc4cccc5ccccc45)nc3cc2c1.c1ccc2ccccc2c1. The summed E-state index contributed by atoms with van der Waals surface area (Å²) in [6, 6.07) is 44.0. The maximum atomic E-state index is 6.02. The third kappa shape index (κ3) is 4.02. The summed E-state index contributed by atoms with van der Waals surface area (Å²) in [6.07, 6.45) is 0.701. The van der Waals surface area contributed by atoms with E-state index in [2.05, 4.69) is 115 Å². The third-order valence-corrected chi connectivity index (χ3v) is 6.18. The van der Waals surface area contributed by atoms with Crippen molar-refractivity contribution in [1.29, 1.82) is 0 Å². The molecule has 2 heteroatoms. The van der Waals surface area contributed by atoms with Crippen LogP contribution in [0.1, 0.15) is 11.5 Å². The lowest BCUT2D eigenvalue weighted by molar-refractivity contribution is 0.545. The number of benzene rings is 6. The van der Waals surface area contributed by atoms with Crippen molar-refractivity contribution in [3.63, 3.8) is 0 Å². The maximum Gasteiger partial charge on any atom is 0.199 e.